The smallest absolute Gasteiger partial charge is 0.156 e. The maximum Gasteiger partial charge on any atom is 0.156 e. The molecule has 0 saturated carbocycles. The van der Waals surface area contributed by atoms with E-state index in [2.05, 4.69) is 11.6 Å². The third-order valence-electron chi connectivity index (χ3n) is 1.83. The van der Waals surface area contributed by atoms with Gasteiger partial charge in [-0.1, -0.05) is 6.08 Å². The number of nitrogens with two attached hydrogens (primary N) is 1. The average molecular weight is 210 g/mol. The van der Waals surface area contributed by atoms with Crippen LogP contribution in [0, 0.1) is 6.92 Å². The van der Waals surface area contributed by atoms with E-state index >= 15 is 0 Å². The minimum absolute atomic E-state index is 0.0271. The zero-order chi connectivity index (χ0) is 10.6. The topological polar surface area (TPSA) is 56.0 Å². The Labute approximate surface area is 87.7 Å². The van der Waals surface area contributed by atoms with E-state index in [1.165, 1.54) is 11.3 Å². The largest absolute Gasteiger partial charge is 0.321 e. The van der Waals surface area contributed by atoms with Crippen molar-refractivity contribution in [2.45, 2.75) is 25.8 Å². The normalized spacial score (nSPS) is 12.4. The first-order valence-corrected chi connectivity index (χ1v) is 5.31. The van der Waals surface area contributed by atoms with Gasteiger partial charge in [-0.05, 0) is 13.3 Å². The molecule has 0 saturated heterocycles. The first-order valence-electron chi connectivity index (χ1n) is 4.43. The van der Waals surface area contributed by atoms with Gasteiger partial charge in [-0.2, -0.15) is 0 Å². The molecule has 0 aliphatic carbocycles. The number of hydrogen-bond acceptors (Lipinski definition) is 4. The summed E-state index contributed by atoms with van der Waals surface area (Å²) in [7, 11) is 0. The molecule has 76 valence electrons. The van der Waals surface area contributed by atoms with Crippen molar-refractivity contribution in [1.82, 2.24) is 4.98 Å². The van der Waals surface area contributed by atoms with Crippen LogP contribution >= 0.6 is 11.3 Å². The number of aromatic nitrogens is 1. The summed E-state index contributed by atoms with van der Waals surface area (Å²) in [6.45, 7) is 5.46. The van der Waals surface area contributed by atoms with E-state index in [9.17, 15) is 4.79 Å². The van der Waals surface area contributed by atoms with Gasteiger partial charge in [0.25, 0.3) is 0 Å². The molecule has 0 aromatic carbocycles. The zero-order valence-corrected chi connectivity index (χ0v) is 9.01. The summed E-state index contributed by atoms with van der Waals surface area (Å²) in [5.41, 5.74) is 6.59. The fourth-order valence-corrected chi connectivity index (χ4v) is 1.86. The number of carbonyl (C=O) groups excluding carboxylic acids is 1. The highest BCUT2D eigenvalue weighted by Crippen LogP contribution is 2.10. The Hall–Kier alpha value is -1.000. The first kappa shape index (κ1) is 11.1. The van der Waals surface area contributed by atoms with E-state index in [4.69, 9.17) is 5.73 Å². The van der Waals surface area contributed by atoms with Gasteiger partial charge in [-0.25, -0.2) is 4.98 Å². The van der Waals surface area contributed by atoms with Crippen LogP contribution in [0.25, 0.3) is 0 Å². The second-order valence-electron chi connectivity index (χ2n) is 3.16. The molecule has 1 unspecified atom stereocenters. The summed E-state index contributed by atoms with van der Waals surface area (Å²) in [5, 5.41) is 2.77. The van der Waals surface area contributed by atoms with Gasteiger partial charge in [-0.15, -0.1) is 17.9 Å². The van der Waals surface area contributed by atoms with E-state index in [-0.39, 0.29) is 5.78 Å². The Kier molecular flexibility index (Phi) is 3.98. The van der Waals surface area contributed by atoms with Crippen molar-refractivity contribution in [2.75, 3.05) is 0 Å². The van der Waals surface area contributed by atoms with Gasteiger partial charge in [0.15, 0.2) is 5.78 Å². The minimum atomic E-state index is -0.434. The molecule has 0 radical (unpaired) electrons. The number of hydrogen-bond donors (Lipinski definition) is 1. The van der Waals surface area contributed by atoms with Gasteiger partial charge in [0, 0.05) is 11.1 Å². The summed E-state index contributed by atoms with van der Waals surface area (Å²) < 4.78 is 0. The van der Waals surface area contributed by atoms with Crippen molar-refractivity contribution < 1.29 is 4.79 Å². The van der Waals surface area contributed by atoms with Crippen LogP contribution in [0.5, 0.6) is 0 Å². The fraction of sp³-hybridized carbons (Fsp3) is 0.400. The Morgan fingerprint density at radius 2 is 2.57 bits per heavy atom. The van der Waals surface area contributed by atoms with Crippen molar-refractivity contribution in [1.29, 1.82) is 0 Å². The molecule has 0 aliphatic rings. The summed E-state index contributed by atoms with van der Waals surface area (Å²) >= 11 is 1.50. The van der Waals surface area contributed by atoms with Gasteiger partial charge in [0.05, 0.1) is 12.5 Å². The molecular formula is C10H14N2OS. The molecule has 0 amide bonds. The van der Waals surface area contributed by atoms with Gasteiger partial charge in [-0.3, -0.25) is 4.79 Å². The number of thiazole rings is 1. The number of ketones is 1. The van der Waals surface area contributed by atoms with Crippen molar-refractivity contribution in [3.63, 3.8) is 0 Å². The number of carbonyl (C=O) groups is 1. The minimum Gasteiger partial charge on any atom is -0.321 e. The van der Waals surface area contributed by atoms with Gasteiger partial charge in [0.2, 0.25) is 0 Å². The summed E-state index contributed by atoms with van der Waals surface area (Å²) in [4.78, 5) is 15.7. The van der Waals surface area contributed by atoms with Crippen LogP contribution in [-0.2, 0) is 11.2 Å². The second kappa shape index (κ2) is 5.02. The Balaban J connectivity index is 2.52. The number of Topliss-reactive ketones (excluding diaryl/α,β-unsaturated/α-hetero) is 1. The quantitative estimate of drug-likeness (QED) is 0.749. The van der Waals surface area contributed by atoms with E-state index in [1.807, 2.05) is 12.3 Å². The highest BCUT2D eigenvalue weighted by atomic mass is 32.1. The highest BCUT2D eigenvalue weighted by molar-refractivity contribution is 7.09. The molecule has 1 aromatic rings. The molecular weight excluding hydrogens is 196 g/mol. The lowest BCUT2D eigenvalue weighted by molar-refractivity contribution is -0.119. The average Bonchev–Trinajstić information content (AvgIpc) is 2.51. The third kappa shape index (κ3) is 3.05. The molecule has 0 spiro atoms. The molecule has 1 aromatic heterocycles. The Bertz CT molecular complexity index is 333. The molecule has 2 N–H and O–H groups in total. The van der Waals surface area contributed by atoms with Crippen LogP contribution < -0.4 is 5.73 Å². The molecule has 1 atom stereocenters. The van der Waals surface area contributed by atoms with E-state index in [0.717, 1.165) is 10.7 Å². The van der Waals surface area contributed by atoms with Gasteiger partial charge >= 0.3 is 0 Å². The van der Waals surface area contributed by atoms with Crippen LogP contribution in [0.4, 0.5) is 0 Å². The predicted molar refractivity (Wildman–Crippen MR) is 58.4 cm³/mol. The summed E-state index contributed by atoms with van der Waals surface area (Å²) in [6.07, 6.45) is 2.53. The lowest BCUT2D eigenvalue weighted by Gasteiger charge is -2.05. The molecule has 4 heteroatoms. The standard InChI is InChI=1S/C10H14N2OS/c1-3-4-8(11)9(13)5-10-12-7(2)6-14-10/h3,6,8H,1,4-5,11H2,2H3. The Morgan fingerprint density at radius 1 is 1.86 bits per heavy atom. The molecule has 0 fully saturated rings. The molecule has 14 heavy (non-hydrogen) atoms. The highest BCUT2D eigenvalue weighted by Gasteiger charge is 2.13. The second-order valence-corrected chi connectivity index (χ2v) is 4.10. The van der Waals surface area contributed by atoms with Gasteiger partial charge in [0.1, 0.15) is 5.01 Å². The van der Waals surface area contributed by atoms with Crippen LogP contribution in [0.15, 0.2) is 18.0 Å². The number of aryl methyl sites for hydroxylation is 1. The number of rotatable bonds is 5. The van der Waals surface area contributed by atoms with Crippen molar-refractivity contribution in [3.05, 3.63) is 28.7 Å². The first-order chi connectivity index (χ1) is 6.63. The lowest BCUT2D eigenvalue weighted by atomic mass is 10.1. The van der Waals surface area contributed by atoms with E-state index in [0.29, 0.717) is 12.8 Å². The zero-order valence-electron chi connectivity index (χ0n) is 8.19. The van der Waals surface area contributed by atoms with Crippen LogP contribution in [0.2, 0.25) is 0 Å². The third-order valence-corrected chi connectivity index (χ3v) is 2.79. The van der Waals surface area contributed by atoms with E-state index < -0.39 is 6.04 Å². The van der Waals surface area contributed by atoms with Crippen molar-refractivity contribution in [3.8, 4) is 0 Å². The molecule has 0 bridgehead atoms. The summed E-state index contributed by atoms with van der Waals surface area (Å²) in [6, 6.07) is -0.434. The molecule has 1 rings (SSSR count). The SMILES string of the molecule is C=CCC(N)C(=O)Cc1nc(C)cs1. The maximum atomic E-state index is 11.5. The van der Waals surface area contributed by atoms with Crippen LogP contribution in [0.3, 0.4) is 0 Å². The molecule has 3 nitrogen and oxygen atoms in total. The van der Waals surface area contributed by atoms with Crippen molar-refractivity contribution in [2.24, 2.45) is 5.73 Å². The van der Waals surface area contributed by atoms with E-state index in [1.54, 1.807) is 6.08 Å². The van der Waals surface area contributed by atoms with Gasteiger partial charge < -0.3 is 5.73 Å². The van der Waals surface area contributed by atoms with Crippen LogP contribution in [-0.4, -0.2) is 16.8 Å². The maximum absolute atomic E-state index is 11.5. The summed E-state index contributed by atoms with van der Waals surface area (Å²) in [5.74, 6) is 0.0271. The van der Waals surface area contributed by atoms with Crippen molar-refractivity contribution >= 4 is 17.1 Å². The van der Waals surface area contributed by atoms with Crippen LogP contribution in [0.1, 0.15) is 17.1 Å². The number of nitrogens with zero attached hydrogens (tertiary/aromatic N) is 1. The lowest BCUT2D eigenvalue weighted by Crippen LogP contribution is -2.31. The monoisotopic (exact) mass is 210 g/mol. The molecule has 1 heterocycles. The molecule has 0 aliphatic heterocycles. The fourth-order valence-electron chi connectivity index (χ4n) is 1.08. The predicted octanol–water partition coefficient (Wildman–Crippen LogP) is 1.47. The Morgan fingerprint density at radius 3 is 3.07 bits per heavy atom.